The molecular weight excluding hydrogens is 396 g/mol. The number of esters is 1. The summed E-state index contributed by atoms with van der Waals surface area (Å²) in [5.74, 6) is -1.56. The fourth-order valence-electron chi connectivity index (χ4n) is 3.15. The number of hydrogen-bond acceptors (Lipinski definition) is 5. The van der Waals surface area contributed by atoms with Crippen molar-refractivity contribution in [1.82, 2.24) is 9.78 Å². The predicted molar refractivity (Wildman–Crippen MR) is 116 cm³/mol. The highest BCUT2D eigenvalue weighted by Crippen LogP contribution is 2.19. The minimum absolute atomic E-state index is 0.00935. The van der Waals surface area contributed by atoms with Crippen LogP contribution in [0.25, 0.3) is 5.69 Å². The quantitative estimate of drug-likeness (QED) is 0.570. The maximum Gasteiger partial charge on any atom is 0.311 e. The van der Waals surface area contributed by atoms with Crippen LogP contribution in [0.4, 0.5) is 5.69 Å². The van der Waals surface area contributed by atoms with E-state index in [-0.39, 0.29) is 6.42 Å². The van der Waals surface area contributed by atoms with Crippen LogP contribution in [0.1, 0.15) is 34.2 Å². The van der Waals surface area contributed by atoms with E-state index in [1.165, 1.54) is 19.1 Å². The number of aromatic nitrogens is 2. The van der Waals surface area contributed by atoms with Gasteiger partial charge in [0.25, 0.3) is 5.91 Å². The highest BCUT2D eigenvalue weighted by molar-refractivity contribution is 5.96. The van der Waals surface area contributed by atoms with E-state index >= 15 is 0 Å². The highest BCUT2D eigenvalue weighted by Gasteiger charge is 2.21. The second-order valence-electron chi connectivity index (χ2n) is 7.14. The SMILES string of the molecule is Cc1nn(-c2ccccc2)c(C)c1CC(=O)O[C@@H](C)C(=O)Nc1ccc(C(N)=O)cc1. The van der Waals surface area contributed by atoms with Crippen molar-refractivity contribution in [2.24, 2.45) is 5.73 Å². The Morgan fingerprint density at radius 1 is 1.06 bits per heavy atom. The Morgan fingerprint density at radius 3 is 2.32 bits per heavy atom. The molecule has 0 aliphatic carbocycles. The number of nitrogens with zero attached hydrogens (tertiary/aromatic N) is 2. The lowest BCUT2D eigenvalue weighted by Crippen LogP contribution is -2.30. The monoisotopic (exact) mass is 420 g/mol. The van der Waals surface area contributed by atoms with Gasteiger partial charge in [0.1, 0.15) is 0 Å². The third kappa shape index (κ3) is 5.16. The van der Waals surface area contributed by atoms with Crippen LogP contribution < -0.4 is 11.1 Å². The molecule has 0 saturated heterocycles. The fraction of sp³-hybridized carbons (Fsp3) is 0.217. The number of amides is 2. The number of primary amides is 1. The van der Waals surface area contributed by atoms with Crippen molar-refractivity contribution in [3.05, 3.63) is 77.1 Å². The maximum absolute atomic E-state index is 12.5. The lowest BCUT2D eigenvalue weighted by atomic mass is 10.1. The van der Waals surface area contributed by atoms with Gasteiger partial charge in [-0.25, -0.2) is 4.68 Å². The largest absolute Gasteiger partial charge is 0.452 e. The lowest BCUT2D eigenvalue weighted by molar-refractivity contribution is -0.152. The van der Waals surface area contributed by atoms with Gasteiger partial charge in [0.05, 0.1) is 17.8 Å². The van der Waals surface area contributed by atoms with Crippen LogP contribution in [-0.4, -0.2) is 33.7 Å². The molecule has 0 fully saturated rings. The van der Waals surface area contributed by atoms with Crippen molar-refractivity contribution in [2.45, 2.75) is 33.3 Å². The van der Waals surface area contributed by atoms with Crippen molar-refractivity contribution < 1.29 is 19.1 Å². The molecular formula is C23H24N4O4. The lowest BCUT2D eigenvalue weighted by Gasteiger charge is -2.14. The summed E-state index contributed by atoms with van der Waals surface area (Å²) in [6, 6.07) is 15.7. The minimum atomic E-state index is -0.993. The molecule has 8 heteroatoms. The molecule has 1 heterocycles. The van der Waals surface area contributed by atoms with Gasteiger partial charge in [-0.1, -0.05) is 18.2 Å². The molecule has 1 atom stereocenters. The van der Waals surface area contributed by atoms with E-state index in [0.29, 0.717) is 11.3 Å². The molecule has 8 nitrogen and oxygen atoms in total. The first-order valence-electron chi connectivity index (χ1n) is 9.77. The summed E-state index contributed by atoms with van der Waals surface area (Å²) in [6.45, 7) is 5.22. The number of carbonyl (C=O) groups excluding carboxylic acids is 3. The van der Waals surface area contributed by atoms with Gasteiger partial charge < -0.3 is 15.8 Å². The number of nitrogens with two attached hydrogens (primary N) is 1. The molecule has 3 N–H and O–H groups in total. The number of aryl methyl sites for hydroxylation is 1. The molecule has 0 aliphatic heterocycles. The van der Waals surface area contributed by atoms with Crippen LogP contribution in [0.3, 0.4) is 0 Å². The van der Waals surface area contributed by atoms with Crippen LogP contribution in [0.15, 0.2) is 54.6 Å². The molecule has 31 heavy (non-hydrogen) atoms. The molecule has 2 amide bonds. The molecule has 160 valence electrons. The molecule has 0 spiro atoms. The molecule has 0 unspecified atom stereocenters. The first-order chi connectivity index (χ1) is 14.8. The third-order valence-electron chi connectivity index (χ3n) is 4.88. The number of para-hydroxylation sites is 1. The summed E-state index contributed by atoms with van der Waals surface area (Å²) < 4.78 is 7.09. The highest BCUT2D eigenvalue weighted by atomic mass is 16.5. The van der Waals surface area contributed by atoms with Crippen LogP contribution in [0.5, 0.6) is 0 Å². The summed E-state index contributed by atoms with van der Waals surface area (Å²) in [7, 11) is 0. The molecule has 1 aromatic heterocycles. The van der Waals surface area contributed by atoms with Crippen LogP contribution in [0.2, 0.25) is 0 Å². The van der Waals surface area contributed by atoms with Gasteiger partial charge in [0.15, 0.2) is 6.10 Å². The van der Waals surface area contributed by atoms with Gasteiger partial charge in [-0.2, -0.15) is 5.10 Å². The zero-order valence-electron chi connectivity index (χ0n) is 17.6. The number of benzene rings is 2. The molecule has 0 saturated carbocycles. The topological polar surface area (TPSA) is 116 Å². The van der Waals surface area contributed by atoms with Gasteiger partial charge in [0, 0.05) is 22.5 Å². The Hall–Kier alpha value is -3.94. The molecule has 3 rings (SSSR count). The second kappa shape index (κ2) is 9.25. The predicted octanol–water partition coefficient (Wildman–Crippen LogP) is 2.70. The zero-order valence-corrected chi connectivity index (χ0v) is 17.6. The van der Waals surface area contributed by atoms with Gasteiger partial charge in [-0.05, 0) is 57.2 Å². The standard InChI is InChI=1S/C23H24N4O4/c1-14-20(15(2)27(26-14)19-7-5-4-6-8-19)13-21(28)31-16(3)23(30)25-18-11-9-17(10-12-18)22(24)29/h4-12,16H,13H2,1-3H3,(H2,24,29)(H,25,30)/t16-/m0/s1. The van der Waals surface area contributed by atoms with Crippen molar-refractivity contribution in [2.75, 3.05) is 5.32 Å². The molecule has 0 aliphatic rings. The zero-order chi connectivity index (χ0) is 22.5. The van der Waals surface area contributed by atoms with Gasteiger partial charge >= 0.3 is 5.97 Å². The van der Waals surface area contributed by atoms with Crippen LogP contribution >= 0.6 is 0 Å². The summed E-state index contributed by atoms with van der Waals surface area (Å²) >= 11 is 0. The average Bonchev–Trinajstić information content (AvgIpc) is 3.03. The Labute approximate surface area is 180 Å². The average molecular weight is 420 g/mol. The van der Waals surface area contributed by atoms with Gasteiger partial charge in [0.2, 0.25) is 5.91 Å². The van der Waals surface area contributed by atoms with Crippen LogP contribution in [0, 0.1) is 13.8 Å². The third-order valence-corrected chi connectivity index (χ3v) is 4.88. The Bertz CT molecular complexity index is 1100. The summed E-state index contributed by atoms with van der Waals surface area (Å²) in [5.41, 5.74) is 9.23. The van der Waals surface area contributed by atoms with E-state index in [1.54, 1.807) is 16.8 Å². The number of anilines is 1. The van der Waals surface area contributed by atoms with Gasteiger partial charge in [-0.15, -0.1) is 0 Å². The normalized spacial score (nSPS) is 11.6. The molecule has 0 radical (unpaired) electrons. The van der Waals surface area contributed by atoms with E-state index in [0.717, 1.165) is 22.6 Å². The smallest absolute Gasteiger partial charge is 0.311 e. The number of carbonyl (C=O) groups is 3. The fourth-order valence-corrected chi connectivity index (χ4v) is 3.15. The first-order valence-corrected chi connectivity index (χ1v) is 9.77. The summed E-state index contributed by atoms with van der Waals surface area (Å²) in [5, 5.41) is 7.16. The Kier molecular flexibility index (Phi) is 6.49. The van der Waals surface area contributed by atoms with E-state index in [2.05, 4.69) is 10.4 Å². The number of ether oxygens (including phenoxy) is 1. The number of nitrogens with one attached hydrogen (secondary N) is 1. The van der Waals surface area contributed by atoms with Crippen molar-refractivity contribution in [1.29, 1.82) is 0 Å². The second-order valence-corrected chi connectivity index (χ2v) is 7.14. The molecule has 3 aromatic rings. The number of hydrogen-bond donors (Lipinski definition) is 2. The van der Waals surface area contributed by atoms with Crippen LogP contribution in [-0.2, 0) is 20.7 Å². The van der Waals surface area contributed by atoms with Crippen molar-refractivity contribution in [3.63, 3.8) is 0 Å². The first kappa shape index (κ1) is 21.8. The summed E-state index contributed by atoms with van der Waals surface area (Å²) in [6.07, 6.45) is -0.983. The number of rotatable bonds is 7. The van der Waals surface area contributed by atoms with E-state index in [4.69, 9.17) is 10.5 Å². The minimum Gasteiger partial charge on any atom is -0.452 e. The molecule has 0 bridgehead atoms. The van der Waals surface area contributed by atoms with E-state index in [9.17, 15) is 14.4 Å². The van der Waals surface area contributed by atoms with Crippen molar-refractivity contribution in [3.8, 4) is 5.69 Å². The maximum atomic E-state index is 12.5. The Balaban J connectivity index is 1.62. The van der Waals surface area contributed by atoms with E-state index < -0.39 is 23.9 Å². The summed E-state index contributed by atoms with van der Waals surface area (Å²) in [4.78, 5) is 35.9. The van der Waals surface area contributed by atoms with E-state index in [1.807, 2.05) is 44.2 Å². The molecule has 2 aromatic carbocycles. The Morgan fingerprint density at radius 2 is 1.71 bits per heavy atom. The van der Waals surface area contributed by atoms with Gasteiger partial charge in [-0.3, -0.25) is 14.4 Å². The van der Waals surface area contributed by atoms with Crippen molar-refractivity contribution >= 4 is 23.5 Å².